The highest BCUT2D eigenvalue weighted by Gasteiger charge is 2.21. The van der Waals surface area contributed by atoms with Gasteiger partial charge in [0, 0.05) is 28.2 Å². The average molecular weight is 427 g/mol. The highest BCUT2D eigenvalue weighted by Crippen LogP contribution is 2.39. The summed E-state index contributed by atoms with van der Waals surface area (Å²) in [6, 6.07) is 10.8. The molecule has 2 N–H and O–H groups in total. The summed E-state index contributed by atoms with van der Waals surface area (Å²) in [7, 11) is 4.41. The van der Waals surface area contributed by atoms with Gasteiger partial charge in [-0.05, 0) is 24.3 Å². The lowest BCUT2D eigenvalue weighted by Crippen LogP contribution is -2.06. The van der Waals surface area contributed by atoms with Gasteiger partial charge in [-0.15, -0.1) is 11.8 Å². The molecule has 0 spiro atoms. The fourth-order valence-corrected chi connectivity index (χ4v) is 3.76. The number of carbonyl (C=O) groups is 2. The molecule has 0 atom stereocenters. The first kappa shape index (κ1) is 21.3. The van der Waals surface area contributed by atoms with Crippen molar-refractivity contribution in [2.45, 2.75) is 0 Å². The smallest absolute Gasteiger partial charge is 0.313 e. The van der Waals surface area contributed by atoms with Crippen LogP contribution in [0.15, 0.2) is 47.5 Å². The van der Waals surface area contributed by atoms with Crippen LogP contribution < -0.4 is 14.2 Å². The van der Waals surface area contributed by atoms with Gasteiger partial charge in [-0.1, -0.05) is 18.2 Å². The molecule has 0 aliphatic carbocycles. The molecule has 0 saturated carbocycles. The minimum atomic E-state index is -1.01. The van der Waals surface area contributed by atoms with Crippen molar-refractivity contribution in [1.82, 2.24) is 4.98 Å². The van der Waals surface area contributed by atoms with E-state index in [1.165, 1.54) is 21.3 Å². The number of methoxy groups -OCH3 is 3. The second-order valence-electron chi connectivity index (χ2n) is 6.22. The largest absolute Gasteiger partial charge is 0.493 e. The van der Waals surface area contributed by atoms with E-state index in [0.29, 0.717) is 22.8 Å². The molecule has 2 aromatic carbocycles. The van der Waals surface area contributed by atoms with Crippen LogP contribution in [0.1, 0.15) is 15.9 Å². The van der Waals surface area contributed by atoms with Crippen LogP contribution in [-0.2, 0) is 4.79 Å². The summed E-state index contributed by atoms with van der Waals surface area (Å²) in [5.74, 6) is -0.542. The number of aliphatic carboxylic acids is 1. The molecule has 0 saturated heterocycles. The zero-order valence-electron chi connectivity index (χ0n) is 16.7. The number of hydrogen-bond acceptors (Lipinski definition) is 6. The summed E-state index contributed by atoms with van der Waals surface area (Å²) in [5, 5.41) is 10.1. The van der Waals surface area contributed by atoms with E-state index in [2.05, 4.69) is 4.98 Å². The number of rotatable bonds is 9. The second kappa shape index (κ2) is 9.41. The molecule has 0 aliphatic heterocycles. The molecule has 0 unspecified atom stereocenters. The zero-order valence-corrected chi connectivity index (χ0v) is 17.5. The fourth-order valence-electron chi connectivity index (χ4n) is 3.02. The van der Waals surface area contributed by atoms with Crippen molar-refractivity contribution in [3.8, 4) is 17.2 Å². The number of ether oxygens (including phenoxy) is 3. The molecule has 1 heterocycles. The van der Waals surface area contributed by atoms with Crippen molar-refractivity contribution < 1.29 is 28.9 Å². The molecule has 1 aromatic heterocycles. The number of Topliss-reactive ketones (excluding diaryl/α,β-unsaturated/α-hetero) is 1. The van der Waals surface area contributed by atoms with Gasteiger partial charge in [-0.25, -0.2) is 0 Å². The van der Waals surface area contributed by atoms with Crippen LogP contribution in [0.4, 0.5) is 0 Å². The summed E-state index contributed by atoms with van der Waals surface area (Å²) < 4.78 is 16.0. The van der Waals surface area contributed by atoms with Crippen molar-refractivity contribution in [3.05, 3.63) is 58.6 Å². The zero-order chi connectivity index (χ0) is 21.7. The molecule has 0 amide bonds. The molecule has 0 fully saturated rings. The molecule has 30 heavy (non-hydrogen) atoms. The monoisotopic (exact) mass is 427 g/mol. The molecular weight excluding hydrogens is 406 g/mol. The van der Waals surface area contributed by atoms with Gasteiger partial charge in [0.15, 0.2) is 17.3 Å². The summed E-state index contributed by atoms with van der Waals surface area (Å²) in [4.78, 5) is 27.9. The summed E-state index contributed by atoms with van der Waals surface area (Å²) in [6.07, 6.45) is 3.48. The lowest BCUT2D eigenvalue weighted by molar-refractivity contribution is -0.133. The fraction of sp³-hybridized carbons (Fsp3) is 0.182. The predicted molar refractivity (Wildman–Crippen MR) is 117 cm³/mol. The number of aromatic amines is 1. The molecule has 156 valence electrons. The minimum absolute atomic E-state index is 0.246. The molecule has 3 rings (SSSR count). The Kier molecular flexibility index (Phi) is 6.68. The molecule has 7 nitrogen and oxygen atoms in total. The number of fused-ring (bicyclic) bond motifs is 1. The van der Waals surface area contributed by atoms with Gasteiger partial charge in [-0.2, -0.15) is 0 Å². The maximum Gasteiger partial charge on any atom is 0.313 e. The lowest BCUT2D eigenvalue weighted by atomic mass is 10.1. The van der Waals surface area contributed by atoms with Crippen LogP contribution in [0.5, 0.6) is 17.2 Å². The van der Waals surface area contributed by atoms with Crippen LogP contribution in [0.2, 0.25) is 0 Å². The minimum Gasteiger partial charge on any atom is -0.493 e. The number of para-hydroxylation sites is 1. The first-order chi connectivity index (χ1) is 14.5. The Balaban J connectivity index is 2.08. The van der Waals surface area contributed by atoms with E-state index in [-0.39, 0.29) is 16.4 Å². The normalized spacial score (nSPS) is 11.4. The van der Waals surface area contributed by atoms with E-state index in [1.54, 1.807) is 24.4 Å². The first-order valence-corrected chi connectivity index (χ1v) is 9.94. The van der Waals surface area contributed by atoms with E-state index < -0.39 is 5.97 Å². The highest BCUT2D eigenvalue weighted by atomic mass is 32.2. The lowest BCUT2D eigenvalue weighted by Gasteiger charge is -2.14. The summed E-state index contributed by atoms with van der Waals surface area (Å²) in [6.45, 7) is 0. The van der Waals surface area contributed by atoms with Crippen molar-refractivity contribution in [1.29, 1.82) is 0 Å². The van der Waals surface area contributed by atoms with Gasteiger partial charge in [0.2, 0.25) is 5.75 Å². The number of carbonyl (C=O) groups excluding carboxylic acids is 1. The second-order valence-corrected chi connectivity index (χ2v) is 7.24. The van der Waals surface area contributed by atoms with Crippen molar-refractivity contribution in [2.24, 2.45) is 0 Å². The van der Waals surface area contributed by atoms with Gasteiger partial charge in [-0.3, -0.25) is 9.59 Å². The number of carboxylic acids is 1. The number of carboxylic acid groups (broad SMARTS) is 1. The topological polar surface area (TPSA) is 97.9 Å². The van der Waals surface area contributed by atoms with Crippen LogP contribution in [-0.4, -0.2) is 48.9 Å². The van der Waals surface area contributed by atoms with Crippen LogP contribution in [0.25, 0.3) is 17.0 Å². The van der Waals surface area contributed by atoms with Gasteiger partial charge in [0.25, 0.3) is 0 Å². The third kappa shape index (κ3) is 4.44. The number of benzene rings is 2. The number of thioether (sulfide) groups is 1. The van der Waals surface area contributed by atoms with Crippen LogP contribution >= 0.6 is 11.8 Å². The number of allylic oxidation sites excluding steroid dienone is 1. The van der Waals surface area contributed by atoms with Crippen molar-refractivity contribution in [3.63, 3.8) is 0 Å². The van der Waals surface area contributed by atoms with E-state index in [0.717, 1.165) is 28.2 Å². The Labute approximate surface area is 177 Å². The molecule has 0 bridgehead atoms. The highest BCUT2D eigenvalue weighted by molar-refractivity contribution is 8.04. The molecule has 3 aromatic rings. The Bertz CT molecular complexity index is 1090. The quantitative estimate of drug-likeness (QED) is 0.389. The van der Waals surface area contributed by atoms with Crippen LogP contribution in [0, 0.1) is 0 Å². The van der Waals surface area contributed by atoms with Crippen molar-refractivity contribution in [2.75, 3.05) is 27.1 Å². The van der Waals surface area contributed by atoms with Gasteiger partial charge in [0.05, 0.1) is 32.0 Å². The number of nitrogens with one attached hydrogen (secondary N) is 1. The Morgan fingerprint density at radius 2 is 1.73 bits per heavy atom. The third-order valence-electron chi connectivity index (χ3n) is 4.41. The average Bonchev–Trinajstić information content (AvgIpc) is 3.17. The number of hydrogen-bond donors (Lipinski definition) is 2. The van der Waals surface area contributed by atoms with E-state index in [4.69, 9.17) is 19.3 Å². The number of aromatic nitrogens is 1. The number of H-pyrrole nitrogens is 1. The van der Waals surface area contributed by atoms with Gasteiger partial charge < -0.3 is 24.3 Å². The Hall–Kier alpha value is -3.39. The first-order valence-electron chi connectivity index (χ1n) is 8.95. The summed E-state index contributed by atoms with van der Waals surface area (Å²) >= 11 is 0.962. The van der Waals surface area contributed by atoms with Crippen molar-refractivity contribution >= 4 is 40.5 Å². The Morgan fingerprint density at radius 1 is 1.07 bits per heavy atom. The van der Waals surface area contributed by atoms with E-state index >= 15 is 0 Å². The molecule has 8 heteroatoms. The third-order valence-corrected chi connectivity index (χ3v) is 5.42. The molecule has 0 aliphatic rings. The number of ketones is 1. The van der Waals surface area contributed by atoms with E-state index in [1.807, 2.05) is 24.3 Å². The predicted octanol–water partition coefficient (Wildman–Crippen LogP) is 4.24. The van der Waals surface area contributed by atoms with E-state index in [9.17, 15) is 9.59 Å². The molecular formula is C22H21NO6S. The Morgan fingerprint density at radius 3 is 2.33 bits per heavy atom. The van der Waals surface area contributed by atoms with Gasteiger partial charge >= 0.3 is 5.97 Å². The SMILES string of the molecule is COc1cc(C(=O)C(=Cc2c[nH]c3ccccc23)SCC(=O)O)cc(OC)c1OC. The molecule has 0 radical (unpaired) electrons. The maximum absolute atomic E-state index is 13.3. The maximum atomic E-state index is 13.3. The van der Waals surface area contributed by atoms with Gasteiger partial charge in [0.1, 0.15) is 0 Å². The van der Waals surface area contributed by atoms with Crippen LogP contribution in [0.3, 0.4) is 0 Å². The standard InChI is InChI=1S/C22H21NO6S/c1-27-17-8-13(9-18(28-2)22(17)29-3)21(26)19(30-12-20(24)25)10-14-11-23-16-7-5-4-6-15(14)16/h4-11,23H,12H2,1-3H3,(H,24,25). The summed E-state index contributed by atoms with van der Waals surface area (Å²) in [5.41, 5.74) is 2.01.